The lowest BCUT2D eigenvalue weighted by atomic mass is 10.0. The van der Waals surface area contributed by atoms with Crippen molar-refractivity contribution in [3.8, 4) is 11.5 Å². The molecule has 2 atom stereocenters. The smallest absolute Gasteiger partial charge is 0.317 e. The van der Waals surface area contributed by atoms with E-state index in [1.54, 1.807) is 20.5 Å². The van der Waals surface area contributed by atoms with Crippen molar-refractivity contribution in [2.75, 3.05) is 41.4 Å². The maximum absolute atomic E-state index is 13.0. The first kappa shape index (κ1) is 20.1. The van der Waals surface area contributed by atoms with Crippen molar-refractivity contribution in [3.63, 3.8) is 0 Å². The Morgan fingerprint density at radius 3 is 2.79 bits per heavy atom. The zero-order valence-electron chi connectivity index (χ0n) is 17.0. The minimum absolute atomic E-state index is 0.0219. The van der Waals surface area contributed by atoms with Gasteiger partial charge in [0.2, 0.25) is 0 Å². The van der Waals surface area contributed by atoms with Gasteiger partial charge < -0.3 is 24.1 Å². The van der Waals surface area contributed by atoms with Gasteiger partial charge in [0.15, 0.2) is 0 Å². The minimum Gasteiger partial charge on any atom is -0.497 e. The number of methoxy groups -OCH3 is 2. The molecular weight excluding hydrogens is 358 g/mol. The van der Waals surface area contributed by atoms with Crippen LogP contribution in [0.1, 0.15) is 36.2 Å². The molecule has 1 aliphatic rings. The van der Waals surface area contributed by atoms with E-state index in [1.807, 2.05) is 54.2 Å². The van der Waals surface area contributed by atoms with Gasteiger partial charge in [0.05, 0.1) is 32.6 Å². The normalized spacial score (nSPS) is 17.6. The number of nitrogens with one attached hydrogen (secondary N) is 1. The monoisotopic (exact) mass is 387 g/mol. The van der Waals surface area contributed by atoms with Crippen molar-refractivity contribution in [3.05, 3.63) is 47.9 Å². The van der Waals surface area contributed by atoms with Gasteiger partial charge in [-0.3, -0.25) is 4.90 Å². The molecule has 1 saturated heterocycles. The summed E-state index contributed by atoms with van der Waals surface area (Å²) >= 11 is 0. The molecule has 0 spiro atoms. The molecule has 1 N–H and O–H groups in total. The van der Waals surface area contributed by atoms with E-state index in [9.17, 15) is 4.79 Å². The van der Waals surface area contributed by atoms with Gasteiger partial charge in [-0.2, -0.15) is 0 Å². The first-order valence-electron chi connectivity index (χ1n) is 9.51. The fraction of sp³-hybridized carbons (Fsp3) is 0.476. The van der Waals surface area contributed by atoms with E-state index in [0.29, 0.717) is 13.1 Å². The lowest BCUT2D eigenvalue weighted by Crippen LogP contribution is -2.43. The molecule has 1 aromatic heterocycles. The fourth-order valence-corrected chi connectivity index (χ4v) is 3.74. The van der Waals surface area contributed by atoms with Gasteiger partial charge in [0.25, 0.3) is 0 Å². The molecule has 1 aliphatic heterocycles. The Labute approximate surface area is 166 Å². The van der Waals surface area contributed by atoms with E-state index in [2.05, 4.69) is 5.32 Å². The van der Waals surface area contributed by atoms with E-state index >= 15 is 0 Å². The van der Waals surface area contributed by atoms with Crippen LogP contribution in [0.3, 0.4) is 0 Å². The van der Waals surface area contributed by atoms with Gasteiger partial charge in [-0.1, -0.05) is 0 Å². The number of likely N-dealkylation sites (N-methyl/N-ethyl adjacent to an activating group) is 1. The molecule has 2 amide bonds. The van der Waals surface area contributed by atoms with Gasteiger partial charge in [0.1, 0.15) is 17.3 Å². The molecule has 0 aliphatic carbocycles. The Bertz CT molecular complexity index is 776. The first-order valence-corrected chi connectivity index (χ1v) is 9.51. The third kappa shape index (κ3) is 4.25. The van der Waals surface area contributed by atoms with Crippen LogP contribution in [0.15, 0.2) is 41.0 Å². The maximum Gasteiger partial charge on any atom is 0.317 e. The first-order chi connectivity index (χ1) is 13.5. The third-order valence-corrected chi connectivity index (χ3v) is 5.25. The number of ether oxygens (including phenoxy) is 2. The summed E-state index contributed by atoms with van der Waals surface area (Å²) in [7, 11) is 7.23. The Morgan fingerprint density at radius 2 is 2.14 bits per heavy atom. The number of furan rings is 1. The number of amides is 2. The lowest BCUT2D eigenvalue weighted by molar-refractivity contribution is 0.184. The molecule has 28 heavy (non-hydrogen) atoms. The molecule has 7 nitrogen and oxygen atoms in total. The number of carbonyl (C=O) groups excluding carboxylic acids is 1. The average Bonchev–Trinajstić information content (AvgIpc) is 3.39. The molecule has 2 unspecified atom stereocenters. The molecule has 152 valence electrons. The third-order valence-electron chi connectivity index (χ3n) is 5.25. The highest BCUT2D eigenvalue weighted by Crippen LogP contribution is 2.38. The summed E-state index contributed by atoms with van der Waals surface area (Å²) in [4.78, 5) is 16.9. The Balaban J connectivity index is 1.73. The average molecular weight is 387 g/mol. The molecule has 1 aromatic carbocycles. The summed E-state index contributed by atoms with van der Waals surface area (Å²) in [6, 6.07) is 9.37. The van der Waals surface area contributed by atoms with Crippen LogP contribution in [-0.2, 0) is 0 Å². The molecule has 1 fully saturated rings. The van der Waals surface area contributed by atoms with Gasteiger partial charge in [-0.15, -0.1) is 0 Å². The molecule has 0 saturated carbocycles. The van der Waals surface area contributed by atoms with Crippen molar-refractivity contribution < 1.29 is 18.7 Å². The van der Waals surface area contributed by atoms with Crippen LogP contribution in [0.25, 0.3) is 0 Å². The van der Waals surface area contributed by atoms with Crippen molar-refractivity contribution in [1.82, 2.24) is 15.1 Å². The molecule has 0 bridgehead atoms. The number of hydrogen-bond donors (Lipinski definition) is 1. The van der Waals surface area contributed by atoms with Crippen molar-refractivity contribution in [2.24, 2.45) is 0 Å². The standard InChI is InChI=1S/C21H29N3O4/c1-23(2)18(20-8-6-12-28-20)14-22-21(25)24-11-5-7-17(24)16-13-15(26-3)9-10-19(16)27-4/h6,8-10,12-13,17-18H,5,7,11,14H2,1-4H3,(H,22,25). The van der Waals surface area contributed by atoms with Crippen LogP contribution in [0.2, 0.25) is 0 Å². The van der Waals surface area contributed by atoms with Gasteiger partial charge in [-0.25, -0.2) is 4.79 Å². The summed E-state index contributed by atoms with van der Waals surface area (Å²) < 4.78 is 16.4. The second-order valence-electron chi connectivity index (χ2n) is 7.14. The van der Waals surface area contributed by atoms with Crippen LogP contribution in [0.5, 0.6) is 11.5 Å². The Hall–Kier alpha value is -2.67. The van der Waals surface area contributed by atoms with Crippen molar-refractivity contribution >= 4 is 6.03 Å². The van der Waals surface area contributed by atoms with E-state index in [0.717, 1.165) is 35.7 Å². The van der Waals surface area contributed by atoms with Crippen LogP contribution < -0.4 is 14.8 Å². The predicted octanol–water partition coefficient (Wildman–Crippen LogP) is 3.45. The van der Waals surface area contributed by atoms with Crippen molar-refractivity contribution in [2.45, 2.75) is 24.9 Å². The molecule has 0 radical (unpaired) electrons. The number of benzene rings is 1. The molecule has 2 aromatic rings. The van der Waals surface area contributed by atoms with Crippen LogP contribution in [-0.4, -0.2) is 57.2 Å². The number of carbonyl (C=O) groups is 1. The number of urea groups is 1. The number of nitrogens with zero attached hydrogens (tertiary/aromatic N) is 2. The van der Waals surface area contributed by atoms with Gasteiger partial charge >= 0.3 is 6.03 Å². The maximum atomic E-state index is 13.0. The van der Waals surface area contributed by atoms with Crippen LogP contribution in [0, 0.1) is 0 Å². The van der Waals surface area contributed by atoms with Gasteiger partial charge in [-0.05, 0) is 57.3 Å². The summed E-state index contributed by atoms with van der Waals surface area (Å²) in [5, 5.41) is 3.07. The van der Waals surface area contributed by atoms with E-state index in [-0.39, 0.29) is 18.1 Å². The highest BCUT2D eigenvalue weighted by atomic mass is 16.5. The zero-order valence-corrected chi connectivity index (χ0v) is 17.0. The summed E-state index contributed by atoms with van der Waals surface area (Å²) in [6.45, 7) is 1.18. The highest BCUT2D eigenvalue weighted by Gasteiger charge is 2.32. The van der Waals surface area contributed by atoms with Crippen LogP contribution in [0.4, 0.5) is 4.79 Å². The van der Waals surface area contributed by atoms with Crippen molar-refractivity contribution in [1.29, 1.82) is 0 Å². The molecular formula is C21H29N3O4. The predicted molar refractivity (Wildman–Crippen MR) is 107 cm³/mol. The number of hydrogen-bond acceptors (Lipinski definition) is 5. The summed E-state index contributed by atoms with van der Waals surface area (Å²) in [6.07, 6.45) is 3.50. The SMILES string of the molecule is COc1ccc(OC)c(C2CCCN2C(=O)NCC(c2ccco2)N(C)C)c1. The summed E-state index contributed by atoms with van der Waals surface area (Å²) in [5.74, 6) is 2.36. The van der Waals surface area contributed by atoms with Gasteiger partial charge in [0, 0.05) is 18.7 Å². The minimum atomic E-state index is -0.0780. The lowest BCUT2D eigenvalue weighted by Gasteiger charge is -2.29. The van der Waals surface area contributed by atoms with E-state index in [1.165, 1.54) is 0 Å². The molecule has 2 heterocycles. The largest absolute Gasteiger partial charge is 0.497 e. The van der Waals surface area contributed by atoms with Crippen LogP contribution >= 0.6 is 0 Å². The Kier molecular flexibility index (Phi) is 6.46. The second-order valence-corrected chi connectivity index (χ2v) is 7.14. The Morgan fingerprint density at radius 1 is 1.32 bits per heavy atom. The quantitative estimate of drug-likeness (QED) is 0.788. The molecule has 7 heteroatoms. The van der Waals surface area contributed by atoms with E-state index in [4.69, 9.17) is 13.9 Å². The summed E-state index contributed by atoms with van der Waals surface area (Å²) in [5.41, 5.74) is 0.977. The number of rotatable bonds is 7. The second kappa shape index (κ2) is 9.01. The number of likely N-dealkylation sites (tertiary alicyclic amines) is 1. The molecule has 3 rings (SSSR count). The van der Waals surface area contributed by atoms with E-state index < -0.39 is 0 Å². The highest BCUT2D eigenvalue weighted by molar-refractivity contribution is 5.75. The zero-order chi connectivity index (χ0) is 20.1. The fourth-order valence-electron chi connectivity index (χ4n) is 3.74. The topological polar surface area (TPSA) is 67.2 Å².